The van der Waals surface area contributed by atoms with E-state index in [0.29, 0.717) is 5.56 Å². The third-order valence-corrected chi connectivity index (χ3v) is 1.93. The van der Waals surface area contributed by atoms with Gasteiger partial charge in [-0.25, -0.2) is 0 Å². The quantitative estimate of drug-likeness (QED) is 0.857. The van der Waals surface area contributed by atoms with Gasteiger partial charge in [-0.15, -0.1) is 0 Å². The number of rotatable bonds is 3. The minimum absolute atomic E-state index is 0.108. The number of amides is 1. The molecule has 1 rings (SSSR count). The van der Waals surface area contributed by atoms with E-state index in [0.717, 1.165) is 5.56 Å². The third-order valence-electron chi connectivity index (χ3n) is 1.93. The van der Waals surface area contributed by atoms with E-state index < -0.39 is 5.97 Å². The van der Waals surface area contributed by atoms with Gasteiger partial charge in [-0.05, 0) is 19.1 Å². The summed E-state index contributed by atoms with van der Waals surface area (Å²) < 4.78 is 4.40. The molecule has 19 heavy (non-hydrogen) atoms. The molecular formula is C15H25NO3. The summed E-state index contributed by atoms with van der Waals surface area (Å²) in [4.78, 5) is 22.2. The van der Waals surface area contributed by atoms with Gasteiger partial charge >= 0.3 is 5.97 Å². The largest absolute Gasteiger partial charge is 0.468 e. The topological polar surface area (TPSA) is 55.4 Å². The molecule has 0 spiro atoms. The number of carbonyl (C=O) groups is 2. The van der Waals surface area contributed by atoms with Crippen molar-refractivity contribution in [2.45, 2.75) is 34.6 Å². The second-order valence-corrected chi connectivity index (χ2v) is 3.12. The van der Waals surface area contributed by atoms with Crippen LogP contribution in [0.1, 0.15) is 43.6 Å². The predicted octanol–water partition coefficient (Wildman–Crippen LogP) is 2.95. The summed E-state index contributed by atoms with van der Waals surface area (Å²) in [6.45, 7) is 9.83. The molecular weight excluding hydrogens is 242 g/mol. The molecule has 0 bridgehead atoms. The number of carbonyl (C=O) groups excluding carboxylic acids is 2. The fraction of sp³-hybridized carbons (Fsp3) is 0.467. The molecule has 0 aliphatic rings. The van der Waals surface area contributed by atoms with Gasteiger partial charge < -0.3 is 10.1 Å². The molecule has 108 valence electrons. The van der Waals surface area contributed by atoms with Crippen molar-refractivity contribution in [3.8, 4) is 0 Å². The van der Waals surface area contributed by atoms with Crippen LogP contribution < -0.4 is 5.32 Å². The summed E-state index contributed by atoms with van der Waals surface area (Å²) in [5, 5.41) is 2.46. The lowest BCUT2D eigenvalue weighted by molar-refractivity contribution is -0.139. The molecule has 0 heterocycles. The number of ether oxygens (including phenoxy) is 1. The van der Waals surface area contributed by atoms with Crippen molar-refractivity contribution in [2.24, 2.45) is 0 Å². The standard InChI is InChI=1S/C11H13NO3.2C2H6/c1-8-3-5-9(6-4-8)11(14)12-7-10(13)15-2;2*1-2/h3-6H,7H2,1-2H3,(H,12,14);2*1-2H3. The van der Waals surface area contributed by atoms with Gasteiger partial charge in [0.25, 0.3) is 5.91 Å². The van der Waals surface area contributed by atoms with Crippen LogP contribution in [0.4, 0.5) is 0 Å². The van der Waals surface area contributed by atoms with Gasteiger partial charge in [-0.1, -0.05) is 45.4 Å². The van der Waals surface area contributed by atoms with E-state index in [1.807, 2.05) is 46.8 Å². The summed E-state index contributed by atoms with van der Waals surface area (Å²) >= 11 is 0. The second-order valence-electron chi connectivity index (χ2n) is 3.12. The van der Waals surface area contributed by atoms with Crippen molar-refractivity contribution in [2.75, 3.05) is 13.7 Å². The van der Waals surface area contributed by atoms with E-state index in [-0.39, 0.29) is 12.5 Å². The zero-order valence-electron chi connectivity index (χ0n) is 12.7. The van der Waals surface area contributed by atoms with Crippen LogP contribution in [0.25, 0.3) is 0 Å². The highest BCUT2D eigenvalue weighted by Crippen LogP contribution is 2.02. The Labute approximate surface area is 116 Å². The second kappa shape index (κ2) is 12.6. The molecule has 0 saturated heterocycles. The molecule has 0 radical (unpaired) electrons. The van der Waals surface area contributed by atoms with E-state index >= 15 is 0 Å². The fourth-order valence-corrected chi connectivity index (χ4v) is 1.03. The average molecular weight is 267 g/mol. The molecule has 4 heteroatoms. The average Bonchev–Trinajstić information content (AvgIpc) is 2.49. The molecule has 4 nitrogen and oxygen atoms in total. The van der Waals surface area contributed by atoms with Crippen molar-refractivity contribution >= 4 is 11.9 Å². The first-order chi connectivity index (χ1) is 9.13. The molecule has 0 aliphatic heterocycles. The minimum atomic E-state index is -0.463. The molecule has 1 aromatic carbocycles. The highest BCUT2D eigenvalue weighted by Gasteiger charge is 2.06. The highest BCUT2D eigenvalue weighted by molar-refractivity contribution is 5.95. The molecule has 1 aromatic rings. The van der Waals surface area contributed by atoms with E-state index in [2.05, 4.69) is 10.1 Å². The van der Waals surface area contributed by atoms with Crippen LogP contribution in [-0.2, 0) is 9.53 Å². The van der Waals surface area contributed by atoms with Crippen molar-refractivity contribution < 1.29 is 14.3 Å². The van der Waals surface area contributed by atoms with E-state index in [1.54, 1.807) is 12.1 Å². The van der Waals surface area contributed by atoms with Crippen LogP contribution in [0.5, 0.6) is 0 Å². The van der Waals surface area contributed by atoms with Crippen LogP contribution >= 0.6 is 0 Å². The number of methoxy groups -OCH3 is 1. The van der Waals surface area contributed by atoms with Crippen molar-refractivity contribution in [3.63, 3.8) is 0 Å². The van der Waals surface area contributed by atoms with Gasteiger partial charge in [-0.2, -0.15) is 0 Å². The molecule has 1 N–H and O–H groups in total. The predicted molar refractivity (Wildman–Crippen MR) is 78.2 cm³/mol. The van der Waals surface area contributed by atoms with Gasteiger partial charge in [0, 0.05) is 5.56 Å². The van der Waals surface area contributed by atoms with Gasteiger partial charge in [0.1, 0.15) is 6.54 Å². The van der Waals surface area contributed by atoms with Gasteiger partial charge in [0.15, 0.2) is 0 Å². The molecule has 0 fully saturated rings. The Morgan fingerprint density at radius 3 is 1.95 bits per heavy atom. The van der Waals surface area contributed by atoms with Crippen LogP contribution in [0.2, 0.25) is 0 Å². The maximum Gasteiger partial charge on any atom is 0.325 e. The zero-order valence-corrected chi connectivity index (χ0v) is 12.7. The Kier molecular flexibility index (Phi) is 12.9. The van der Waals surface area contributed by atoms with E-state index in [1.165, 1.54) is 7.11 Å². The summed E-state index contributed by atoms with van der Waals surface area (Å²) in [5.41, 5.74) is 1.61. The lowest BCUT2D eigenvalue weighted by Gasteiger charge is -2.03. The van der Waals surface area contributed by atoms with Crippen molar-refractivity contribution in [3.05, 3.63) is 35.4 Å². The first-order valence-corrected chi connectivity index (χ1v) is 6.55. The van der Waals surface area contributed by atoms with Crippen molar-refractivity contribution in [1.82, 2.24) is 5.32 Å². The van der Waals surface area contributed by atoms with Crippen LogP contribution in [0.3, 0.4) is 0 Å². The summed E-state index contributed by atoms with van der Waals surface area (Å²) in [5.74, 6) is -0.740. The Bertz CT molecular complexity index is 358. The number of benzene rings is 1. The van der Waals surface area contributed by atoms with Crippen LogP contribution in [0.15, 0.2) is 24.3 Å². The Morgan fingerprint density at radius 1 is 1.05 bits per heavy atom. The fourth-order valence-electron chi connectivity index (χ4n) is 1.03. The van der Waals surface area contributed by atoms with Crippen LogP contribution in [0, 0.1) is 6.92 Å². The smallest absolute Gasteiger partial charge is 0.325 e. The molecule has 0 unspecified atom stereocenters. The molecule has 1 amide bonds. The first kappa shape index (κ1) is 19.5. The van der Waals surface area contributed by atoms with Gasteiger partial charge in [0.05, 0.1) is 7.11 Å². The maximum absolute atomic E-state index is 11.5. The zero-order chi connectivity index (χ0) is 15.3. The number of esters is 1. The van der Waals surface area contributed by atoms with Gasteiger partial charge in [-0.3, -0.25) is 9.59 Å². The summed E-state index contributed by atoms with van der Waals surface area (Å²) in [6.07, 6.45) is 0. The van der Waals surface area contributed by atoms with Gasteiger partial charge in [0.2, 0.25) is 0 Å². The molecule has 0 saturated carbocycles. The molecule has 0 atom stereocenters. The highest BCUT2D eigenvalue weighted by atomic mass is 16.5. The number of aryl methyl sites for hydroxylation is 1. The molecule has 0 aliphatic carbocycles. The lowest BCUT2D eigenvalue weighted by Crippen LogP contribution is -2.30. The normalized spacial score (nSPS) is 8.11. The van der Waals surface area contributed by atoms with Crippen molar-refractivity contribution in [1.29, 1.82) is 0 Å². The maximum atomic E-state index is 11.5. The van der Waals surface area contributed by atoms with Crippen LogP contribution in [-0.4, -0.2) is 25.5 Å². The number of nitrogens with one attached hydrogen (secondary N) is 1. The lowest BCUT2D eigenvalue weighted by atomic mass is 10.1. The Balaban J connectivity index is 0. The third kappa shape index (κ3) is 8.83. The summed E-state index contributed by atoms with van der Waals surface area (Å²) in [7, 11) is 1.28. The van der Waals surface area contributed by atoms with E-state index in [9.17, 15) is 9.59 Å². The summed E-state index contributed by atoms with van der Waals surface area (Å²) in [6, 6.07) is 7.10. The number of hydrogen-bond acceptors (Lipinski definition) is 3. The first-order valence-electron chi connectivity index (χ1n) is 6.55. The van der Waals surface area contributed by atoms with E-state index in [4.69, 9.17) is 0 Å². The minimum Gasteiger partial charge on any atom is -0.468 e. The number of hydrogen-bond donors (Lipinski definition) is 1. The monoisotopic (exact) mass is 267 g/mol. The SMILES string of the molecule is CC.CC.COC(=O)CNC(=O)c1ccc(C)cc1. The Morgan fingerprint density at radius 2 is 1.53 bits per heavy atom. The Hall–Kier alpha value is -1.84. The molecule has 0 aromatic heterocycles.